The van der Waals surface area contributed by atoms with Crippen LogP contribution >= 0.6 is 67.8 Å². The molecule has 0 spiro atoms. The lowest BCUT2D eigenvalue weighted by molar-refractivity contribution is -0.115. The third-order valence-electron chi connectivity index (χ3n) is 2.35. The van der Waals surface area contributed by atoms with Crippen molar-refractivity contribution < 1.29 is 24.6 Å². The number of hydrogen-bond acceptors (Lipinski definition) is 4. The molecule has 114 valence electrons. The number of nitrogens with one attached hydrogen (secondary N) is 2. The summed E-state index contributed by atoms with van der Waals surface area (Å²) >= 11 is 5.27. The Bertz CT molecular complexity index is 592. The van der Waals surface area contributed by atoms with Gasteiger partial charge in [0.2, 0.25) is 5.91 Å². The smallest absolute Gasteiger partial charge is 0.337 e. The lowest BCUT2D eigenvalue weighted by atomic mass is 10.1. The molecule has 0 atom stereocenters. The Labute approximate surface area is 160 Å². The van der Waals surface area contributed by atoms with E-state index in [1.54, 1.807) is 74.8 Å². The summed E-state index contributed by atoms with van der Waals surface area (Å²) in [7, 11) is 1.59. The van der Waals surface area contributed by atoms with Crippen LogP contribution in [-0.4, -0.2) is 41.7 Å². The molecule has 0 fully saturated rings. The van der Waals surface area contributed by atoms with Crippen LogP contribution in [0.5, 0.6) is 0 Å². The normalized spacial score (nSPS) is 10.3. The minimum atomic E-state index is -1.24. The van der Waals surface area contributed by atoms with E-state index in [2.05, 4.69) is 10.6 Å². The maximum absolute atomic E-state index is 11.7. The summed E-state index contributed by atoms with van der Waals surface area (Å²) in [6, 6.07) is 0. The molecule has 1 aromatic rings. The molecule has 0 heterocycles. The van der Waals surface area contributed by atoms with Gasteiger partial charge in [-0.2, -0.15) is 0 Å². The van der Waals surface area contributed by atoms with Gasteiger partial charge in [0.15, 0.2) is 0 Å². The number of rotatable bonds is 5. The highest BCUT2D eigenvalue weighted by molar-refractivity contribution is 14.1. The van der Waals surface area contributed by atoms with Gasteiger partial charge in [0.1, 0.15) is 0 Å². The van der Waals surface area contributed by atoms with E-state index in [4.69, 9.17) is 0 Å². The van der Waals surface area contributed by atoms with Crippen molar-refractivity contribution in [1.29, 1.82) is 0 Å². The summed E-state index contributed by atoms with van der Waals surface area (Å²) in [5.41, 5.74) is -0.0609. The van der Waals surface area contributed by atoms with E-state index in [1.165, 1.54) is 0 Å². The number of halogens is 3. The number of likely N-dealkylation sites (N-methyl/N-ethyl adjacent to an activating group) is 1. The third kappa shape index (κ3) is 4.16. The molecule has 4 N–H and O–H groups in total. The molecule has 1 aromatic carbocycles. The average Bonchev–Trinajstić information content (AvgIpc) is 2.33. The summed E-state index contributed by atoms with van der Waals surface area (Å²) < 4.78 is 0.722. The minimum absolute atomic E-state index is 0.0307. The van der Waals surface area contributed by atoms with Crippen LogP contribution in [0.4, 0.5) is 5.69 Å². The summed E-state index contributed by atoms with van der Waals surface area (Å²) in [6.45, 7) is 0.0307. The Morgan fingerprint density at radius 1 is 0.952 bits per heavy atom. The molecule has 7 nitrogen and oxygen atoms in total. The molecule has 0 aromatic heterocycles. The van der Waals surface area contributed by atoms with Gasteiger partial charge >= 0.3 is 11.9 Å². The number of aromatic carboxylic acids is 2. The zero-order chi connectivity index (χ0) is 16.3. The van der Waals surface area contributed by atoms with E-state index in [1.807, 2.05) is 0 Å². The molecule has 21 heavy (non-hydrogen) atoms. The molecule has 1 amide bonds. The first-order valence-electron chi connectivity index (χ1n) is 5.33. The van der Waals surface area contributed by atoms with Crippen molar-refractivity contribution in [3.05, 3.63) is 21.8 Å². The third-order valence-corrected chi connectivity index (χ3v) is 5.58. The lowest BCUT2D eigenvalue weighted by Gasteiger charge is -2.16. The van der Waals surface area contributed by atoms with Gasteiger partial charge in [-0.15, -0.1) is 0 Å². The van der Waals surface area contributed by atoms with E-state index in [0.717, 1.165) is 0 Å². The first kappa shape index (κ1) is 18.8. The fraction of sp³-hybridized carbons (Fsp3) is 0.182. The highest BCUT2D eigenvalue weighted by Gasteiger charge is 2.28. The molecular weight excluding hydrogens is 621 g/mol. The van der Waals surface area contributed by atoms with Crippen LogP contribution in [0.25, 0.3) is 0 Å². The predicted molar refractivity (Wildman–Crippen MR) is 101 cm³/mol. The highest BCUT2D eigenvalue weighted by atomic mass is 127. The van der Waals surface area contributed by atoms with Crippen molar-refractivity contribution in [3.8, 4) is 0 Å². The van der Waals surface area contributed by atoms with Gasteiger partial charge in [-0.3, -0.25) is 4.79 Å². The molecule has 0 aliphatic rings. The second kappa shape index (κ2) is 7.87. The standard InChI is InChI=1S/C11H9I3N2O5/c1-15-2-3(17)16-9-7(13)4(10(18)19)6(12)5(8(9)14)11(20)21/h15H,2H2,1H3,(H,16,17)(H,18,19)(H,20,21). The molecule has 1 rings (SSSR count). The zero-order valence-electron chi connectivity index (χ0n) is 10.5. The van der Waals surface area contributed by atoms with Crippen LogP contribution in [0.2, 0.25) is 0 Å². The maximum Gasteiger partial charge on any atom is 0.337 e. The van der Waals surface area contributed by atoms with Crippen molar-refractivity contribution in [2.75, 3.05) is 18.9 Å². The minimum Gasteiger partial charge on any atom is -0.478 e. The Kier molecular flexibility index (Phi) is 7.05. The van der Waals surface area contributed by atoms with Crippen molar-refractivity contribution in [2.45, 2.75) is 0 Å². The molecule has 0 unspecified atom stereocenters. The largest absolute Gasteiger partial charge is 0.478 e. The Balaban J connectivity index is 3.60. The maximum atomic E-state index is 11.7. The van der Waals surface area contributed by atoms with Crippen LogP contribution in [0.3, 0.4) is 0 Å². The van der Waals surface area contributed by atoms with Crippen LogP contribution in [0.15, 0.2) is 0 Å². The van der Waals surface area contributed by atoms with Gasteiger partial charge in [0, 0.05) is 3.57 Å². The van der Waals surface area contributed by atoms with Crippen LogP contribution < -0.4 is 10.6 Å². The van der Waals surface area contributed by atoms with E-state index < -0.39 is 11.9 Å². The topological polar surface area (TPSA) is 116 Å². The number of carboxylic acid groups (broad SMARTS) is 2. The highest BCUT2D eigenvalue weighted by Crippen LogP contribution is 2.35. The van der Waals surface area contributed by atoms with Crippen molar-refractivity contribution in [3.63, 3.8) is 0 Å². The number of carbonyl (C=O) groups is 3. The summed E-state index contributed by atoms with van der Waals surface area (Å²) in [5, 5.41) is 23.8. The Morgan fingerprint density at radius 2 is 1.38 bits per heavy atom. The molecule has 0 aliphatic carbocycles. The number of carbonyl (C=O) groups excluding carboxylic acids is 1. The second-order valence-corrected chi connectivity index (χ2v) is 6.99. The molecule has 0 radical (unpaired) electrons. The summed E-state index contributed by atoms with van der Waals surface area (Å²) in [6.07, 6.45) is 0. The Morgan fingerprint density at radius 3 is 1.71 bits per heavy atom. The fourth-order valence-electron chi connectivity index (χ4n) is 1.49. The zero-order valence-corrected chi connectivity index (χ0v) is 16.9. The SMILES string of the molecule is CNCC(=O)Nc1c(I)c(C(=O)O)c(I)c(C(=O)O)c1I. The van der Waals surface area contributed by atoms with Gasteiger partial charge < -0.3 is 20.8 Å². The lowest BCUT2D eigenvalue weighted by Crippen LogP contribution is -2.27. The van der Waals surface area contributed by atoms with Gasteiger partial charge in [-0.1, -0.05) is 0 Å². The number of benzene rings is 1. The number of amides is 1. The van der Waals surface area contributed by atoms with Crippen molar-refractivity contribution in [1.82, 2.24) is 5.32 Å². The van der Waals surface area contributed by atoms with Crippen LogP contribution in [0, 0.1) is 10.7 Å². The second-order valence-electron chi connectivity index (χ2n) is 3.76. The Hall–Kier alpha value is -0.220. The number of hydrogen-bond donors (Lipinski definition) is 4. The molecule has 0 aliphatic heterocycles. The molecule has 0 saturated carbocycles. The van der Waals surface area contributed by atoms with Crippen LogP contribution in [0.1, 0.15) is 20.7 Å². The quantitative estimate of drug-likeness (QED) is 0.371. The van der Waals surface area contributed by atoms with E-state index in [9.17, 15) is 24.6 Å². The van der Waals surface area contributed by atoms with Gasteiger partial charge in [0.25, 0.3) is 0 Å². The van der Waals surface area contributed by atoms with E-state index in [0.29, 0.717) is 7.14 Å². The summed E-state index contributed by atoms with van der Waals surface area (Å²) in [5.74, 6) is -2.87. The van der Waals surface area contributed by atoms with Crippen molar-refractivity contribution in [2.24, 2.45) is 0 Å². The number of carboxylic acids is 2. The van der Waals surface area contributed by atoms with E-state index >= 15 is 0 Å². The van der Waals surface area contributed by atoms with Crippen molar-refractivity contribution >= 4 is 91.3 Å². The number of anilines is 1. The molecule has 0 bridgehead atoms. The first-order chi connectivity index (χ1) is 9.72. The summed E-state index contributed by atoms with van der Waals surface area (Å²) in [4.78, 5) is 34.4. The average molecular weight is 630 g/mol. The van der Waals surface area contributed by atoms with E-state index in [-0.39, 0.29) is 32.8 Å². The molecule has 10 heteroatoms. The monoisotopic (exact) mass is 630 g/mol. The first-order valence-corrected chi connectivity index (χ1v) is 8.57. The van der Waals surface area contributed by atoms with Gasteiger partial charge in [-0.05, 0) is 74.8 Å². The molecular formula is C11H9I3N2O5. The van der Waals surface area contributed by atoms with Gasteiger partial charge in [-0.25, -0.2) is 9.59 Å². The molecule has 0 saturated heterocycles. The fourth-order valence-corrected chi connectivity index (χ4v) is 5.85. The predicted octanol–water partition coefficient (Wildman–Crippen LogP) is 2.05. The van der Waals surface area contributed by atoms with Gasteiger partial charge in [0.05, 0.1) is 30.5 Å². The van der Waals surface area contributed by atoms with Crippen LogP contribution in [-0.2, 0) is 4.79 Å².